The molecule has 0 spiro atoms. The molecule has 3 heterocycles. The Bertz CT molecular complexity index is 1110. The van der Waals surface area contributed by atoms with Gasteiger partial charge in [0.25, 0.3) is 11.1 Å². The van der Waals surface area contributed by atoms with E-state index in [4.69, 9.17) is 4.74 Å². The quantitative estimate of drug-likeness (QED) is 0.702. The second-order valence-corrected chi connectivity index (χ2v) is 8.17. The molecule has 0 radical (unpaired) electrons. The molecule has 1 aromatic heterocycles. The number of carbonyl (C=O) groups is 3. The molecular formula is C21H20FN5O4S. The largest absolute Gasteiger partial charge is 0.453 e. The Balaban J connectivity index is 1.58. The zero-order valence-corrected chi connectivity index (χ0v) is 18.0. The number of imide groups is 1. The summed E-state index contributed by atoms with van der Waals surface area (Å²) in [7, 11) is 1.36. The van der Waals surface area contributed by atoms with Gasteiger partial charge < -0.3 is 14.5 Å². The van der Waals surface area contributed by atoms with Crippen LogP contribution in [0.2, 0.25) is 0 Å². The predicted molar refractivity (Wildman–Crippen MR) is 117 cm³/mol. The van der Waals surface area contributed by atoms with Gasteiger partial charge in [-0.15, -0.1) is 0 Å². The number of amides is 3. The van der Waals surface area contributed by atoms with Crippen molar-refractivity contribution in [1.29, 1.82) is 0 Å². The van der Waals surface area contributed by atoms with Crippen molar-refractivity contribution in [2.45, 2.75) is 6.42 Å². The number of nitrogens with one attached hydrogen (secondary N) is 1. The van der Waals surface area contributed by atoms with Crippen molar-refractivity contribution in [2.75, 3.05) is 38.2 Å². The highest BCUT2D eigenvalue weighted by atomic mass is 32.2. The maximum absolute atomic E-state index is 14.6. The normalized spacial score (nSPS) is 18.0. The lowest BCUT2D eigenvalue weighted by Crippen LogP contribution is -2.35. The van der Waals surface area contributed by atoms with Gasteiger partial charge in [-0.05, 0) is 42.0 Å². The van der Waals surface area contributed by atoms with Gasteiger partial charge in [0.15, 0.2) is 0 Å². The second kappa shape index (κ2) is 9.35. The van der Waals surface area contributed by atoms with E-state index in [1.165, 1.54) is 31.5 Å². The molecule has 0 atom stereocenters. The first kappa shape index (κ1) is 21.8. The van der Waals surface area contributed by atoms with Gasteiger partial charge in [-0.1, -0.05) is 6.07 Å². The summed E-state index contributed by atoms with van der Waals surface area (Å²) in [5.74, 6) is -0.380. The van der Waals surface area contributed by atoms with Crippen LogP contribution < -0.4 is 10.2 Å². The van der Waals surface area contributed by atoms with Gasteiger partial charge in [-0.2, -0.15) is 0 Å². The fourth-order valence-corrected chi connectivity index (χ4v) is 4.18. The van der Waals surface area contributed by atoms with E-state index < -0.39 is 17.0 Å². The number of carbonyl (C=O) groups excluding carboxylic acids is 3. The van der Waals surface area contributed by atoms with Gasteiger partial charge in [-0.25, -0.2) is 14.2 Å². The molecule has 0 unspecified atom stereocenters. The van der Waals surface area contributed by atoms with Gasteiger partial charge in [0.05, 0.1) is 30.1 Å². The van der Waals surface area contributed by atoms with Crippen LogP contribution in [0.1, 0.15) is 12.0 Å². The van der Waals surface area contributed by atoms with Crippen LogP contribution in [0.4, 0.5) is 19.8 Å². The summed E-state index contributed by atoms with van der Waals surface area (Å²) in [6.07, 6.45) is 4.97. The molecule has 2 aliphatic heterocycles. The van der Waals surface area contributed by atoms with Crippen molar-refractivity contribution in [3.63, 3.8) is 0 Å². The second-order valence-electron chi connectivity index (χ2n) is 7.15. The lowest BCUT2D eigenvalue weighted by molar-refractivity contribution is -0.115. The standard InChI is InChI=1S/C21H20FN5O4S/c1-31-21(30)27-6-2-5-26(7-8-27)18-12-23-11-16(24-18)14-9-13(3-4-15(14)22)10-17-19(28)25-20(29)32-17/h3-4,9-12H,2,5-8H2,1H3,(H,25,28,29). The molecule has 32 heavy (non-hydrogen) atoms. The fourth-order valence-electron chi connectivity index (χ4n) is 3.50. The van der Waals surface area contributed by atoms with Crippen molar-refractivity contribution >= 4 is 40.9 Å². The van der Waals surface area contributed by atoms with Crippen LogP contribution in [0.5, 0.6) is 0 Å². The van der Waals surface area contributed by atoms with E-state index in [-0.39, 0.29) is 16.6 Å². The first-order valence-corrected chi connectivity index (χ1v) is 10.7. The molecule has 4 rings (SSSR count). The number of aromatic nitrogens is 2. The molecule has 1 aromatic carbocycles. The summed E-state index contributed by atoms with van der Waals surface area (Å²) in [5, 5.41) is 1.75. The minimum absolute atomic E-state index is 0.231. The Labute approximate surface area is 187 Å². The van der Waals surface area contributed by atoms with Crippen LogP contribution in [0, 0.1) is 5.82 Å². The summed E-state index contributed by atoms with van der Waals surface area (Å²) in [4.78, 5) is 47.6. The molecule has 1 N–H and O–H groups in total. The average Bonchev–Trinajstić information content (AvgIpc) is 2.97. The molecule has 166 valence electrons. The number of anilines is 1. The maximum Gasteiger partial charge on any atom is 0.409 e. The SMILES string of the molecule is COC(=O)N1CCCN(c2cncc(-c3cc(C=C4SC(=O)NC4=O)ccc3F)n2)CC1. The number of thioether (sulfide) groups is 1. The monoisotopic (exact) mass is 457 g/mol. The van der Waals surface area contributed by atoms with Gasteiger partial charge in [0, 0.05) is 31.7 Å². The Morgan fingerprint density at radius 1 is 1.22 bits per heavy atom. The molecule has 2 saturated heterocycles. The lowest BCUT2D eigenvalue weighted by Gasteiger charge is -2.22. The number of rotatable bonds is 3. The first-order chi connectivity index (χ1) is 15.4. The Hall–Kier alpha value is -3.47. The smallest absolute Gasteiger partial charge is 0.409 e. The maximum atomic E-state index is 14.6. The number of benzene rings is 1. The Morgan fingerprint density at radius 3 is 2.81 bits per heavy atom. The molecular weight excluding hydrogens is 437 g/mol. The number of nitrogens with zero attached hydrogens (tertiary/aromatic N) is 4. The van der Waals surface area contributed by atoms with Crippen LogP contribution >= 0.6 is 11.8 Å². The van der Waals surface area contributed by atoms with Crippen molar-refractivity contribution in [2.24, 2.45) is 0 Å². The van der Waals surface area contributed by atoms with E-state index in [2.05, 4.69) is 15.3 Å². The van der Waals surface area contributed by atoms with Crippen LogP contribution in [0.15, 0.2) is 35.5 Å². The van der Waals surface area contributed by atoms with Gasteiger partial charge >= 0.3 is 6.09 Å². The Kier molecular flexibility index (Phi) is 6.35. The molecule has 0 saturated carbocycles. The first-order valence-electron chi connectivity index (χ1n) is 9.89. The summed E-state index contributed by atoms with van der Waals surface area (Å²) in [5.41, 5.74) is 1.13. The summed E-state index contributed by atoms with van der Waals surface area (Å²) in [6.45, 7) is 2.27. The van der Waals surface area contributed by atoms with E-state index >= 15 is 0 Å². The molecule has 11 heteroatoms. The van der Waals surface area contributed by atoms with Crippen LogP contribution in [0.3, 0.4) is 0 Å². The third-order valence-corrected chi connectivity index (χ3v) is 5.89. The minimum atomic E-state index is -0.481. The third kappa shape index (κ3) is 4.72. The number of hydrogen-bond donors (Lipinski definition) is 1. The van der Waals surface area contributed by atoms with Gasteiger partial charge in [-0.3, -0.25) is 19.9 Å². The van der Waals surface area contributed by atoms with Crippen molar-refractivity contribution in [3.05, 3.63) is 46.9 Å². The van der Waals surface area contributed by atoms with E-state index in [9.17, 15) is 18.8 Å². The third-order valence-electron chi connectivity index (χ3n) is 5.08. The van der Waals surface area contributed by atoms with Gasteiger partial charge in [0.1, 0.15) is 11.6 Å². The molecule has 3 amide bonds. The Morgan fingerprint density at radius 2 is 2.06 bits per heavy atom. The molecule has 2 aliphatic rings. The number of halogens is 1. The van der Waals surface area contributed by atoms with Crippen molar-refractivity contribution in [3.8, 4) is 11.3 Å². The average molecular weight is 457 g/mol. The van der Waals surface area contributed by atoms with Gasteiger partial charge in [0.2, 0.25) is 0 Å². The molecule has 9 nitrogen and oxygen atoms in total. The summed E-state index contributed by atoms with van der Waals surface area (Å²) >= 11 is 0.798. The number of hydrogen-bond acceptors (Lipinski definition) is 8. The topological polar surface area (TPSA) is 105 Å². The zero-order valence-electron chi connectivity index (χ0n) is 17.2. The highest BCUT2D eigenvalue weighted by Gasteiger charge is 2.25. The molecule has 0 aliphatic carbocycles. The summed E-state index contributed by atoms with van der Waals surface area (Å²) in [6, 6.07) is 4.37. The molecule has 0 bridgehead atoms. The highest BCUT2D eigenvalue weighted by molar-refractivity contribution is 8.18. The summed E-state index contributed by atoms with van der Waals surface area (Å²) < 4.78 is 19.4. The number of ether oxygens (including phenoxy) is 1. The van der Waals surface area contributed by atoms with Crippen LogP contribution in [-0.4, -0.2) is 65.4 Å². The minimum Gasteiger partial charge on any atom is -0.453 e. The van der Waals surface area contributed by atoms with Crippen molar-refractivity contribution in [1.82, 2.24) is 20.2 Å². The molecule has 2 aromatic rings. The van der Waals surface area contributed by atoms with E-state index in [0.717, 1.165) is 18.2 Å². The fraction of sp³-hybridized carbons (Fsp3) is 0.286. The zero-order chi connectivity index (χ0) is 22.7. The van der Waals surface area contributed by atoms with E-state index in [1.54, 1.807) is 17.2 Å². The van der Waals surface area contributed by atoms with Crippen LogP contribution in [0.25, 0.3) is 17.3 Å². The molecule has 2 fully saturated rings. The van der Waals surface area contributed by atoms with E-state index in [1.807, 2.05) is 4.90 Å². The highest BCUT2D eigenvalue weighted by Crippen LogP contribution is 2.29. The van der Waals surface area contributed by atoms with E-state index in [0.29, 0.717) is 43.3 Å². The van der Waals surface area contributed by atoms with Crippen LogP contribution in [-0.2, 0) is 9.53 Å². The predicted octanol–water partition coefficient (Wildman–Crippen LogP) is 2.89. The number of methoxy groups -OCH3 is 1. The van der Waals surface area contributed by atoms with Crippen molar-refractivity contribution < 1.29 is 23.5 Å². The lowest BCUT2D eigenvalue weighted by atomic mass is 10.1.